The summed E-state index contributed by atoms with van der Waals surface area (Å²) in [6.45, 7) is 6.51. The van der Waals surface area contributed by atoms with Crippen molar-refractivity contribution in [1.29, 1.82) is 0 Å². The van der Waals surface area contributed by atoms with Gasteiger partial charge in [0.05, 0.1) is 5.92 Å². The molecule has 0 rings (SSSR count). The van der Waals surface area contributed by atoms with Crippen molar-refractivity contribution in [3.05, 3.63) is 0 Å². The van der Waals surface area contributed by atoms with E-state index in [1.54, 1.807) is 6.92 Å². The Bertz CT molecular complexity index is 115. The van der Waals surface area contributed by atoms with E-state index >= 15 is 0 Å². The minimum absolute atomic E-state index is 0.0895. The van der Waals surface area contributed by atoms with Crippen molar-refractivity contribution in [2.45, 2.75) is 33.9 Å². The molecule has 68 valence electrons. The van der Waals surface area contributed by atoms with Crippen molar-refractivity contribution < 1.29 is 13.2 Å². The van der Waals surface area contributed by atoms with Crippen molar-refractivity contribution in [2.75, 3.05) is 0 Å². The van der Waals surface area contributed by atoms with Gasteiger partial charge < -0.3 is 0 Å². The van der Waals surface area contributed by atoms with E-state index < -0.39 is 12.1 Å². The van der Waals surface area contributed by atoms with Crippen LogP contribution < -0.4 is 0 Å². The Morgan fingerprint density at radius 3 is 1.36 bits per heavy atom. The smallest absolute Gasteiger partial charge is 0.171 e. The number of alkyl halides is 3. The quantitative estimate of drug-likeness (QED) is 0.592. The minimum Gasteiger partial charge on any atom is -0.171 e. The summed E-state index contributed by atoms with van der Waals surface area (Å²) in [5, 5.41) is 0. The molecule has 3 heteroatoms. The second kappa shape index (κ2) is 3.46. The Kier molecular flexibility index (Phi) is 3.39. The molecule has 0 fully saturated rings. The van der Waals surface area contributed by atoms with Crippen LogP contribution >= 0.6 is 0 Å². The maximum Gasteiger partial charge on any atom is 0.391 e. The SMILES string of the molecule is CC(C)[C@@H](C)[C@H](C)C(F)(F)F. The molecule has 0 saturated carbocycles. The van der Waals surface area contributed by atoms with Crippen molar-refractivity contribution in [2.24, 2.45) is 17.8 Å². The zero-order valence-electron chi connectivity index (χ0n) is 7.37. The number of halogens is 3. The molecule has 0 saturated heterocycles. The van der Waals surface area contributed by atoms with Gasteiger partial charge in [-0.25, -0.2) is 0 Å². The molecule has 0 aromatic rings. The first-order chi connectivity index (χ1) is 4.76. The van der Waals surface area contributed by atoms with E-state index in [2.05, 4.69) is 0 Å². The zero-order chi connectivity index (χ0) is 9.23. The highest BCUT2D eigenvalue weighted by Crippen LogP contribution is 2.34. The first-order valence-electron chi connectivity index (χ1n) is 3.83. The van der Waals surface area contributed by atoms with Crippen LogP contribution in [0.2, 0.25) is 0 Å². The van der Waals surface area contributed by atoms with Crippen molar-refractivity contribution in [3.8, 4) is 0 Å². The maximum absolute atomic E-state index is 12.1. The Labute approximate surface area is 65.8 Å². The molecule has 0 N–H and O–H groups in total. The summed E-state index contributed by atoms with van der Waals surface area (Å²) in [6.07, 6.45) is -4.04. The average Bonchev–Trinajstić information content (AvgIpc) is 1.82. The zero-order valence-corrected chi connectivity index (χ0v) is 7.37. The molecule has 0 bridgehead atoms. The van der Waals surface area contributed by atoms with E-state index in [0.29, 0.717) is 0 Å². The molecule has 0 amide bonds. The molecule has 11 heavy (non-hydrogen) atoms. The number of hydrogen-bond acceptors (Lipinski definition) is 0. The third-order valence-corrected chi connectivity index (χ3v) is 2.36. The topological polar surface area (TPSA) is 0 Å². The summed E-state index contributed by atoms with van der Waals surface area (Å²) in [4.78, 5) is 0. The fraction of sp³-hybridized carbons (Fsp3) is 1.00. The lowest BCUT2D eigenvalue weighted by Crippen LogP contribution is -2.28. The van der Waals surface area contributed by atoms with Crippen LogP contribution in [0.15, 0.2) is 0 Å². The van der Waals surface area contributed by atoms with E-state index in [1.807, 2.05) is 13.8 Å². The van der Waals surface area contributed by atoms with E-state index in [9.17, 15) is 13.2 Å². The fourth-order valence-corrected chi connectivity index (χ4v) is 0.875. The second-order valence-corrected chi connectivity index (χ2v) is 3.43. The molecule has 0 unspecified atom stereocenters. The summed E-state index contributed by atoms with van der Waals surface area (Å²) < 4.78 is 36.2. The van der Waals surface area contributed by atoms with Crippen molar-refractivity contribution in [3.63, 3.8) is 0 Å². The molecular weight excluding hydrogens is 153 g/mol. The van der Waals surface area contributed by atoms with Gasteiger partial charge in [-0.15, -0.1) is 0 Å². The van der Waals surface area contributed by atoms with Gasteiger partial charge in [0, 0.05) is 0 Å². The van der Waals surface area contributed by atoms with E-state index in [4.69, 9.17) is 0 Å². The van der Waals surface area contributed by atoms with Crippen LogP contribution in [0.3, 0.4) is 0 Å². The highest BCUT2D eigenvalue weighted by Gasteiger charge is 2.39. The first-order valence-corrected chi connectivity index (χ1v) is 3.83. The molecule has 0 aromatic heterocycles. The van der Waals surface area contributed by atoms with Gasteiger partial charge in [-0.05, 0) is 11.8 Å². The summed E-state index contributed by atoms with van der Waals surface area (Å²) in [5.41, 5.74) is 0. The molecule has 2 atom stereocenters. The fourth-order valence-electron chi connectivity index (χ4n) is 0.875. The molecular formula is C8H15F3. The molecule has 0 aliphatic carbocycles. The molecule has 0 heterocycles. The minimum atomic E-state index is -4.04. The lowest BCUT2D eigenvalue weighted by molar-refractivity contribution is -0.185. The van der Waals surface area contributed by atoms with Crippen LogP contribution in [0, 0.1) is 17.8 Å². The van der Waals surface area contributed by atoms with Gasteiger partial charge >= 0.3 is 6.18 Å². The number of rotatable bonds is 2. The van der Waals surface area contributed by atoms with E-state index in [-0.39, 0.29) is 11.8 Å². The molecule has 0 radical (unpaired) electrons. The average molecular weight is 168 g/mol. The van der Waals surface area contributed by atoms with Gasteiger partial charge in [0.1, 0.15) is 0 Å². The van der Waals surface area contributed by atoms with Crippen LogP contribution in [0.25, 0.3) is 0 Å². The van der Waals surface area contributed by atoms with Gasteiger partial charge in [-0.1, -0.05) is 27.7 Å². The summed E-state index contributed by atoms with van der Waals surface area (Å²) in [6, 6.07) is 0. The third kappa shape index (κ3) is 3.12. The van der Waals surface area contributed by atoms with Crippen LogP contribution in [0.4, 0.5) is 13.2 Å². The molecule has 0 aliphatic rings. The van der Waals surface area contributed by atoms with Crippen molar-refractivity contribution >= 4 is 0 Å². The summed E-state index contributed by atoms with van der Waals surface area (Å²) >= 11 is 0. The Hall–Kier alpha value is -0.210. The molecule has 0 nitrogen and oxygen atoms in total. The van der Waals surface area contributed by atoms with Crippen LogP contribution in [-0.2, 0) is 0 Å². The lowest BCUT2D eigenvalue weighted by Gasteiger charge is -2.25. The van der Waals surface area contributed by atoms with Gasteiger partial charge in [0.25, 0.3) is 0 Å². The monoisotopic (exact) mass is 168 g/mol. The third-order valence-electron chi connectivity index (χ3n) is 2.36. The van der Waals surface area contributed by atoms with Gasteiger partial charge in [0.15, 0.2) is 0 Å². The summed E-state index contributed by atoms with van der Waals surface area (Å²) in [5.74, 6) is -1.40. The molecule has 0 aliphatic heterocycles. The number of hydrogen-bond donors (Lipinski definition) is 0. The standard InChI is InChI=1S/C8H15F3/c1-5(2)6(3)7(4)8(9,10)11/h5-7H,1-4H3/t6-,7+/m1/s1. The van der Waals surface area contributed by atoms with Gasteiger partial charge in [-0.2, -0.15) is 13.2 Å². The highest BCUT2D eigenvalue weighted by molar-refractivity contribution is 4.71. The molecule has 0 aromatic carbocycles. The summed E-state index contributed by atoms with van der Waals surface area (Å²) in [7, 11) is 0. The van der Waals surface area contributed by atoms with Gasteiger partial charge in [0.2, 0.25) is 0 Å². The maximum atomic E-state index is 12.1. The predicted molar refractivity (Wildman–Crippen MR) is 39.2 cm³/mol. The lowest BCUT2D eigenvalue weighted by atomic mass is 9.86. The predicted octanol–water partition coefficient (Wildman–Crippen LogP) is 3.48. The highest BCUT2D eigenvalue weighted by atomic mass is 19.4. The Morgan fingerprint density at radius 1 is 0.909 bits per heavy atom. The Balaban J connectivity index is 4.13. The van der Waals surface area contributed by atoms with Crippen LogP contribution in [-0.4, -0.2) is 6.18 Å². The molecule has 0 spiro atoms. The second-order valence-electron chi connectivity index (χ2n) is 3.43. The van der Waals surface area contributed by atoms with Crippen LogP contribution in [0.5, 0.6) is 0 Å². The van der Waals surface area contributed by atoms with E-state index in [1.165, 1.54) is 6.92 Å². The largest absolute Gasteiger partial charge is 0.391 e. The Morgan fingerprint density at radius 2 is 1.27 bits per heavy atom. The normalized spacial score (nSPS) is 18.5. The first kappa shape index (κ1) is 10.8. The van der Waals surface area contributed by atoms with Gasteiger partial charge in [-0.3, -0.25) is 0 Å². The van der Waals surface area contributed by atoms with Crippen LogP contribution in [0.1, 0.15) is 27.7 Å². The van der Waals surface area contributed by atoms with Crippen molar-refractivity contribution in [1.82, 2.24) is 0 Å². The van der Waals surface area contributed by atoms with E-state index in [0.717, 1.165) is 0 Å².